The maximum Gasteiger partial charge on any atom is 0.237 e. The van der Waals surface area contributed by atoms with Gasteiger partial charge in [0.1, 0.15) is 0 Å². The molecule has 0 saturated carbocycles. The first-order valence-electron chi connectivity index (χ1n) is 4.88. The van der Waals surface area contributed by atoms with E-state index < -0.39 is 0 Å². The van der Waals surface area contributed by atoms with E-state index in [1.54, 1.807) is 0 Å². The molecule has 0 radical (unpaired) electrons. The molecule has 78 valence electrons. The number of thiol groups is 1. The first kappa shape index (κ1) is 12.8. The van der Waals surface area contributed by atoms with Crippen LogP contribution in [0.15, 0.2) is 0 Å². The standard InChI is InChI=1S/C9H20N2OS/c1-3-5-6-11-9(12)8(7-13)10-4-2/h8,10,13H,3-7H2,1-2H3,(H,11,12)/t8-/m1/s1. The summed E-state index contributed by atoms with van der Waals surface area (Å²) in [6, 6.07) is -0.148. The quantitative estimate of drug-likeness (QED) is 0.424. The van der Waals surface area contributed by atoms with Gasteiger partial charge in [-0.1, -0.05) is 20.3 Å². The maximum absolute atomic E-state index is 11.4. The summed E-state index contributed by atoms with van der Waals surface area (Å²) in [6.45, 7) is 5.65. The Morgan fingerprint density at radius 1 is 1.46 bits per heavy atom. The molecule has 0 bridgehead atoms. The van der Waals surface area contributed by atoms with Crippen LogP contribution in [0.5, 0.6) is 0 Å². The molecule has 4 heteroatoms. The third kappa shape index (κ3) is 5.93. The monoisotopic (exact) mass is 204 g/mol. The average Bonchev–Trinajstić information content (AvgIpc) is 2.14. The van der Waals surface area contributed by atoms with Gasteiger partial charge in [0, 0.05) is 12.3 Å². The predicted molar refractivity (Wildman–Crippen MR) is 59.2 cm³/mol. The molecule has 0 aliphatic rings. The van der Waals surface area contributed by atoms with Crippen molar-refractivity contribution in [1.82, 2.24) is 10.6 Å². The molecule has 0 saturated heterocycles. The van der Waals surface area contributed by atoms with Crippen LogP contribution in [0.4, 0.5) is 0 Å². The second-order valence-electron chi connectivity index (χ2n) is 2.94. The number of likely N-dealkylation sites (N-methyl/N-ethyl adjacent to an activating group) is 1. The van der Waals surface area contributed by atoms with Crippen molar-refractivity contribution in [3.8, 4) is 0 Å². The van der Waals surface area contributed by atoms with Crippen molar-refractivity contribution in [1.29, 1.82) is 0 Å². The van der Waals surface area contributed by atoms with E-state index in [4.69, 9.17) is 0 Å². The molecule has 0 spiro atoms. The highest BCUT2D eigenvalue weighted by molar-refractivity contribution is 7.80. The summed E-state index contributed by atoms with van der Waals surface area (Å²) in [6.07, 6.45) is 2.14. The lowest BCUT2D eigenvalue weighted by Gasteiger charge is -2.14. The molecular weight excluding hydrogens is 184 g/mol. The highest BCUT2D eigenvalue weighted by Crippen LogP contribution is 1.89. The van der Waals surface area contributed by atoms with Crippen LogP contribution in [0.3, 0.4) is 0 Å². The molecule has 0 aliphatic heterocycles. The third-order valence-corrected chi connectivity index (χ3v) is 2.14. The van der Waals surface area contributed by atoms with Gasteiger partial charge in [0.15, 0.2) is 0 Å². The Morgan fingerprint density at radius 2 is 2.15 bits per heavy atom. The van der Waals surface area contributed by atoms with Crippen molar-refractivity contribution < 1.29 is 4.79 Å². The van der Waals surface area contributed by atoms with Gasteiger partial charge in [0.25, 0.3) is 0 Å². The summed E-state index contributed by atoms with van der Waals surface area (Å²) >= 11 is 4.11. The van der Waals surface area contributed by atoms with Crippen LogP contribution >= 0.6 is 12.6 Å². The molecule has 0 heterocycles. The summed E-state index contributed by atoms with van der Waals surface area (Å²) < 4.78 is 0. The fraction of sp³-hybridized carbons (Fsp3) is 0.889. The van der Waals surface area contributed by atoms with E-state index in [2.05, 4.69) is 30.2 Å². The molecule has 0 rings (SSSR count). The summed E-state index contributed by atoms with van der Waals surface area (Å²) in [4.78, 5) is 11.4. The molecule has 0 aromatic carbocycles. The van der Waals surface area contributed by atoms with Gasteiger partial charge in [-0.05, 0) is 13.0 Å². The zero-order valence-corrected chi connectivity index (χ0v) is 9.36. The molecule has 0 fully saturated rings. The molecular formula is C9H20N2OS. The van der Waals surface area contributed by atoms with Gasteiger partial charge >= 0.3 is 0 Å². The van der Waals surface area contributed by atoms with E-state index >= 15 is 0 Å². The van der Waals surface area contributed by atoms with Crippen LogP contribution in [0, 0.1) is 0 Å². The average molecular weight is 204 g/mol. The number of unbranched alkanes of at least 4 members (excludes halogenated alkanes) is 1. The van der Waals surface area contributed by atoms with Gasteiger partial charge in [-0.15, -0.1) is 0 Å². The van der Waals surface area contributed by atoms with Crippen molar-refractivity contribution in [2.45, 2.75) is 32.7 Å². The van der Waals surface area contributed by atoms with Gasteiger partial charge in [-0.25, -0.2) is 0 Å². The second-order valence-corrected chi connectivity index (χ2v) is 3.30. The number of hydrogen-bond donors (Lipinski definition) is 3. The fourth-order valence-corrected chi connectivity index (χ4v) is 1.29. The van der Waals surface area contributed by atoms with E-state index in [-0.39, 0.29) is 11.9 Å². The molecule has 2 N–H and O–H groups in total. The largest absolute Gasteiger partial charge is 0.355 e. The Morgan fingerprint density at radius 3 is 2.62 bits per heavy atom. The van der Waals surface area contributed by atoms with Crippen LogP contribution in [0.2, 0.25) is 0 Å². The van der Waals surface area contributed by atoms with Crippen LogP contribution < -0.4 is 10.6 Å². The normalized spacial score (nSPS) is 12.5. The third-order valence-electron chi connectivity index (χ3n) is 1.78. The molecule has 3 nitrogen and oxygen atoms in total. The lowest BCUT2D eigenvalue weighted by Crippen LogP contribution is -2.45. The highest BCUT2D eigenvalue weighted by Gasteiger charge is 2.13. The van der Waals surface area contributed by atoms with Crippen molar-refractivity contribution in [3.05, 3.63) is 0 Å². The maximum atomic E-state index is 11.4. The number of carbonyl (C=O) groups excluding carboxylic acids is 1. The van der Waals surface area contributed by atoms with Crippen LogP contribution in [-0.4, -0.2) is 30.8 Å². The van der Waals surface area contributed by atoms with Gasteiger partial charge in [-0.2, -0.15) is 12.6 Å². The number of carbonyl (C=O) groups is 1. The van der Waals surface area contributed by atoms with Gasteiger partial charge in [0.2, 0.25) is 5.91 Å². The summed E-state index contributed by atoms with van der Waals surface area (Å²) in [5, 5.41) is 5.94. The molecule has 0 unspecified atom stereocenters. The molecule has 13 heavy (non-hydrogen) atoms. The van der Waals surface area contributed by atoms with Crippen molar-refractivity contribution >= 4 is 18.5 Å². The predicted octanol–water partition coefficient (Wildman–Crippen LogP) is 0.811. The van der Waals surface area contributed by atoms with E-state index in [1.165, 1.54) is 0 Å². The first-order chi connectivity index (χ1) is 6.26. The molecule has 1 amide bonds. The van der Waals surface area contributed by atoms with Crippen LogP contribution in [0.1, 0.15) is 26.7 Å². The topological polar surface area (TPSA) is 41.1 Å². The lowest BCUT2D eigenvalue weighted by atomic mass is 10.3. The number of hydrogen-bond acceptors (Lipinski definition) is 3. The number of rotatable bonds is 7. The minimum absolute atomic E-state index is 0.0605. The highest BCUT2D eigenvalue weighted by atomic mass is 32.1. The van der Waals surface area contributed by atoms with E-state index in [9.17, 15) is 4.79 Å². The number of amides is 1. The van der Waals surface area contributed by atoms with Crippen molar-refractivity contribution in [2.24, 2.45) is 0 Å². The summed E-state index contributed by atoms with van der Waals surface area (Å²) in [7, 11) is 0. The Bertz CT molecular complexity index is 142. The lowest BCUT2D eigenvalue weighted by molar-refractivity contribution is -0.122. The Kier molecular flexibility index (Phi) is 8.24. The fourth-order valence-electron chi connectivity index (χ4n) is 0.998. The van der Waals surface area contributed by atoms with Crippen molar-refractivity contribution in [3.63, 3.8) is 0 Å². The Labute approximate surface area is 86.1 Å². The molecule has 0 aliphatic carbocycles. The first-order valence-corrected chi connectivity index (χ1v) is 5.51. The minimum Gasteiger partial charge on any atom is -0.355 e. The van der Waals surface area contributed by atoms with Gasteiger partial charge in [-0.3, -0.25) is 4.79 Å². The number of nitrogens with one attached hydrogen (secondary N) is 2. The minimum atomic E-state index is -0.148. The van der Waals surface area contributed by atoms with E-state index in [1.807, 2.05) is 6.92 Å². The Balaban J connectivity index is 3.64. The van der Waals surface area contributed by atoms with E-state index in [0.29, 0.717) is 5.75 Å². The molecule has 0 aromatic rings. The van der Waals surface area contributed by atoms with E-state index in [0.717, 1.165) is 25.9 Å². The molecule has 0 aromatic heterocycles. The van der Waals surface area contributed by atoms with Crippen LogP contribution in [0.25, 0.3) is 0 Å². The Hall–Kier alpha value is -0.220. The second kappa shape index (κ2) is 8.38. The summed E-state index contributed by atoms with van der Waals surface area (Å²) in [5.41, 5.74) is 0. The van der Waals surface area contributed by atoms with Crippen LogP contribution in [-0.2, 0) is 4.79 Å². The molecule has 1 atom stereocenters. The van der Waals surface area contributed by atoms with Crippen molar-refractivity contribution in [2.75, 3.05) is 18.8 Å². The zero-order valence-electron chi connectivity index (χ0n) is 8.47. The van der Waals surface area contributed by atoms with Gasteiger partial charge < -0.3 is 10.6 Å². The smallest absolute Gasteiger partial charge is 0.237 e. The summed E-state index contributed by atoms with van der Waals surface area (Å²) in [5.74, 6) is 0.608. The zero-order chi connectivity index (χ0) is 10.1. The van der Waals surface area contributed by atoms with Gasteiger partial charge in [0.05, 0.1) is 6.04 Å². The SMILES string of the molecule is CCCCNC(=O)[C@@H](CS)NCC.